The fourth-order valence-corrected chi connectivity index (χ4v) is 2.18. The number of nitrogens with zero attached hydrogens (tertiary/aromatic N) is 2. The van der Waals surface area contributed by atoms with Gasteiger partial charge in [-0.2, -0.15) is 0 Å². The van der Waals surface area contributed by atoms with Gasteiger partial charge in [0.25, 0.3) is 0 Å². The highest BCUT2D eigenvalue weighted by Crippen LogP contribution is 2.12. The number of rotatable bonds is 5. The van der Waals surface area contributed by atoms with Crippen LogP contribution in [0.5, 0.6) is 0 Å². The van der Waals surface area contributed by atoms with E-state index in [9.17, 15) is 4.79 Å². The standard InChI is InChI=1S/C14H28N4O.HI/c1-5-8-16-14(15-6-2)17-12-7-9-18(10-12)13(19)11(3)4;/h11-12H,5-10H2,1-4H3,(H2,15,16,17);1H. The Bertz CT molecular complexity index is 320. The third-order valence-corrected chi connectivity index (χ3v) is 3.17. The van der Waals surface area contributed by atoms with E-state index in [4.69, 9.17) is 0 Å². The zero-order chi connectivity index (χ0) is 14.3. The minimum Gasteiger partial charge on any atom is -0.357 e. The highest BCUT2D eigenvalue weighted by Gasteiger charge is 2.27. The fraction of sp³-hybridized carbons (Fsp3) is 0.857. The number of likely N-dealkylation sites (tertiary alicyclic amines) is 1. The fourth-order valence-electron chi connectivity index (χ4n) is 2.18. The maximum Gasteiger partial charge on any atom is 0.225 e. The first-order valence-corrected chi connectivity index (χ1v) is 7.42. The molecule has 0 aromatic rings. The van der Waals surface area contributed by atoms with E-state index in [-0.39, 0.29) is 35.8 Å². The number of hydrogen-bond acceptors (Lipinski definition) is 2. The molecule has 0 aromatic heterocycles. The van der Waals surface area contributed by atoms with E-state index in [1.807, 2.05) is 18.7 Å². The first-order valence-electron chi connectivity index (χ1n) is 7.42. The van der Waals surface area contributed by atoms with Crippen LogP contribution in [0.25, 0.3) is 0 Å². The van der Waals surface area contributed by atoms with Crippen molar-refractivity contribution in [2.45, 2.75) is 46.6 Å². The van der Waals surface area contributed by atoms with Gasteiger partial charge >= 0.3 is 0 Å². The number of aliphatic imine (C=N–C) groups is 1. The molecule has 0 aromatic carbocycles. The van der Waals surface area contributed by atoms with Gasteiger partial charge in [0.1, 0.15) is 0 Å². The molecule has 118 valence electrons. The van der Waals surface area contributed by atoms with Crippen LogP contribution < -0.4 is 10.6 Å². The van der Waals surface area contributed by atoms with Gasteiger partial charge in [0.2, 0.25) is 5.91 Å². The molecule has 0 spiro atoms. The first kappa shape index (κ1) is 19.5. The quantitative estimate of drug-likeness (QED) is 0.424. The lowest BCUT2D eigenvalue weighted by molar-refractivity contribution is -0.133. The molecule has 1 rings (SSSR count). The van der Waals surface area contributed by atoms with Crippen molar-refractivity contribution in [3.8, 4) is 0 Å². The average molecular weight is 396 g/mol. The second-order valence-electron chi connectivity index (χ2n) is 5.33. The van der Waals surface area contributed by atoms with E-state index < -0.39 is 0 Å². The van der Waals surface area contributed by atoms with Crippen LogP contribution in [0.15, 0.2) is 4.99 Å². The lowest BCUT2D eigenvalue weighted by Crippen LogP contribution is -2.45. The van der Waals surface area contributed by atoms with Crippen LogP contribution in [-0.4, -0.2) is 49.0 Å². The summed E-state index contributed by atoms with van der Waals surface area (Å²) in [6.07, 6.45) is 2.04. The average Bonchev–Trinajstić information content (AvgIpc) is 2.83. The van der Waals surface area contributed by atoms with Crippen LogP contribution in [0.1, 0.15) is 40.5 Å². The predicted molar refractivity (Wildman–Crippen MR) is 94.6 cm³/mol. The van der Waals surface area contributed by atoms with Gasteiger partial charge in [-0.05, 0) is 19.8 Å². The Morgan fingerprint density at radius 2 is 2.10 bits per heavy atom. The molecule has 1 saturated heterocycles. The molecule has 1 heterocycles. The Kier molecular flexibility index (Phi) is 9.96. The minimum absolute atomic E-state index is 0. The van der Waals surface area contributed by atoms with Crippen LogP contribution in [0, 0.1) is 5.92 Å². The second-order valence-corrected chi connectivity index (χ2v) is 5.33. The summed E-state index contributed by atoms with van der Waals surface area (Å²) >= 11 is 0. The normalized spacial score (nSPS) is 18.9. The van der Waals surface area contributed by atoms with Crippen molar-refractivity contribution < 1.29 is 4.79 Å². The summed E-state index contributed by atoms with van der Waals surface area (Å²) in [4.78, 5) is 18.4. The summed E-state index contributed by atoms with van der Waals surface area (Å²) in [6, 6.07) is 0.317. The molecule has 6 heteroatoms. The summed E-state index contributed by atoms with van der Waals surface area (Å²) in [7, 11) is 0. The molecule has 1 aliphatic rings. The predicted octanol–water partition coefficient (Wildman–Crippen LogP) is 1.83. The molecule has 1 fully saturated rings. The summed E-state index contributed by atoms with van der Waals surface area (Å²) in [5.74, 6) is 1.20. The van der Waals surface area contributed by atoms with Gasteiger partial charge < -0.3 is 15.5 Å². The van der Waals surface area contributed by atoms with Crippen molar-refractivity contribution in [1.29, 1.82) is 0 Å². The summed E-state index contributed by atoms with van der Waals surface area (Å²) in [6.45, 7) is 11.4. The number of nitrogens with one attached hydrogen (secondary N) is 2. The highest BCUT2D eigenvalue weighted by atomic mass is 127. The van der Waals surface area contributed by atoms with E-state index in [2.05, 4.69) is 29.5 Å². The molecule has 1 atom stereocenters. The van der Waals surface area contributed by atoms with Crippen LogP contribution in [0.4, 0.5) is 0 Å². The molecule has 5 nitrogen and oxygen atoms in total. The van der Waals surface area contributed by atoms with E-state index >= 15 is 0 Å². The third kappa shape index (κ3) is 6.28. The van der Waals surface area contributed by atoms with Crippen LogP contribution in [0.2, 0.25) is 0 Å². The largest absolute Gasteiger partial charge is 0.357 e. The molecular formula is C14H29IN4O. The molecule has 1 aliphatic heterocycles. The lowest BCUT2D eigenvalue weighted by atomic mass is 10.2. The SMILES string of the molecule is CCCN=C(NCC)NC1CCN(C(=O)C(C)C)C1.I. The smallest absolute Gasteiger partial charge is 0.225 e. The molecule has 1 unspecified atom stereocenters. The number of halogens is 1. The number of carbonyl (C=O) groups excluding carboxylic acids is 1. The van der Waals surface area contributed by atoms with Gasteiger partial charge in [0.05, 0.1) is 0 Å². The van der Waals surface area contributed by atoms with Crippen molar-refractivity contribution in [2.75, 3.05) is 26.2 Å². The molecule has 0 aliphatic carbocycles. The van der Waals surface area contributed by atoms with Crippen molar-refractivity contribution in [1.82, 2.24) is 15.5 Å². The molecule has 20 heavy (non-hydrogen) atoms. The Balaban J connectivity index is 0.00000361. The lowest BCUT2D eigenvalue weighted by Gasteiger charge is -2.20. The number of guanidine groups is 1. The van der Waals surface area contributed by atoms with Crippen molar-refractivity contribution in [3.05, 3.63) is 0 Å². The van der Waals surface area contributed by atoms with Crippen molar-refractivity contribution in [2.24, 2.45) is 10.9 Å². The van der Waals surface area contributed by atoms with E-state index in [1.54, 1.807) is 0 Å². The molecule has 0 radical (unpaired) electrons. The Labute approximate surface area is 140 Å². The molecule has 0 saturated carbocycles. The maximum absolute atomic E-state index is 11.9. The van der Waals surface area contributed by atoms with Gasteiger partial charge in [0.15, 0.2) is 5.96 Å². The maximum atomic E-state index is 11.9. The first-order chi connectivity index (χ1) is 9.08. The minimum atomic E-state index is 0. The molecule has 2 N–H and O–H groups in total. The number of amides is 1. The molecule has 1 amide bonds. The van der Waals surface area contributed by atoms with Gasteiger partial charge in [0, 0.05) is 38.1 Å². The zero-order valence-electron chi connectivity index (χ0n) is 13.1. The number of hydrogen-bond donors (Lipinski definition) is 2. The topological polar surface area (TPSA) is 56.7 Å². The highest BCUT2D eigenvalue weighted by molar-refractivity contribution is 14.0. The van der Waals surface area contributed by atoms with E-state index in [0.717, 1.165) is 45.0 Å². The Morgan fingerprint density at radius 1 is 1.40 bits per heavy atom. The second kappa shape index (κ2) is 10.2. The van der Waals surface area contributed by atoms with E-state index in [0.29, 0.717) is 6.04 Å². The van der Waals surface area contributed by atoms with Gasteiger partial charge in [-0.15, -0.1) is 24.0 Å². The van der Waals surface area contributed by atoms with Gasteiger partial charge in [-0.1, -0.05) is 20.8 Å². The summed E-state index contributed by atoms with van der Waals surface area (Å²) in [5, 5.41) is 6.67. The summed E-state index contributed by atoms with van der Waals surface area (Å²) in [5.41, 5.74) is 0. The number of carbonyl (C=O) groups is 1. The molecular weight excluding hydrogens is 367 g/mol. The van der Waals surface area contributed by atoms with Crippen LogP contribution in [0.3, 0.4) is 0 Å². The monoisotopic (exact) mass is 396 g/mol. The van der Waals surface area contributed by atoms with E-state index in [1.165, 1.54) is 0 Å². The van der Waals surface area contributed by atoms with Crippen molar-refractivity contribution in [3.63, 3.8) is 0 Å². The summed E-state index contributed by atoms with van der Waals surface area (Å²) < 4.78 is 0. The van der Waals surface area contributed by atoms with Crippen LogP contribution >= 0.6 is 24.0 Å². The third-order valence-electron chi connectivity index (χ3n) is 3.17. The Hall–Kier alpha value is -0.530. The van der Waals surface area contributed by atoms with Gasteiger partial charge in [-0.3, -0.25) is 9.79 Å². The Morgan fingerprint density at radius 3 is 2.65 bits per heavy atom. The van der Waals surface area contributed by atoms with Gasteiger partial charge in [-0.25, -0.2) is 0 Å². The molecule has 0 bridgehead atoms. The van der Waals surface area contributed by atoms with Crippen molar-refractivity contribution >= 4 is 35.8 Å². The van der Waals surface area contributed by atoms with Crippen LogP contribution in [-0.2, 0) is 4.79 Å². The zero-order valence-corrected chi connectivity index (χ0v) is 15.4.